The van der Waals surface area contributed by atoms with Crippen LogP contribution in [0.2, 0.25) is 0 Å². The van der Waals surface area contributed by atoms with E-state index in [4.69, 9.17) is 0 Å². The molecule has 1 rings (SSSR count). The Labute approximate surface area is 130 Å². The van der Waals surface area contributed by atoms with Gasteiger partial charge in [0.15, 0.2) is 0 Å². The van der Waals surface area contributed by atoms with Crippen molar-refractivity contribution < 1.29 is 77.3 Å². The Morgan fingerprint density at radius 2 is 1.07 bits per heavy atom. The summed E-state index contributed by atoms with van der Waals surface area (Å²) in [6.45, 7) is 0. The molecule has 0 N–H and O–H groups in total. The third kappa shape index (κ3) is 4.21. The van der Waals surface area contributed by atoms with Crippen molar-refractivity contribution in [1.82, 2.24) is 0 Å². The first-order valence-electron chi connectivity index (χ1n) is 3.24. The van der Waals surface area contributed by atoms with Crippen molar-refractivity contribution in [3.63, 3.8) is 0 Å². The molecule has 0 amide bonds. The van der Waals surface area contributed by atoms with E-state index in [0.29, 0.717) is 0 Å². The molecule has 0 saturated heterocycles. The number of benzene rings is 1. The van der Waals surface area contributed by atoms with Crippen molar-refractivity contribution in [3.8, 4) is 0 Å². The molecule has 0 radical (unpaired) electrons. The molecule has 6 nitrogen and oxygen atoms in total. The zero-order chi connectivity index (χ0) is 11.0. The summed E-state index contributed by atoms with van der Waals surface area (Å²) in [7, 11) is -9.89. The topological polar surface area (TPSA) is 114 Å². The standard InChI is InChI=1S/C6H6O6S2.K/c7-13(8,9)5-3-1-2-4-6(5)14(10,11)12;/h1-4H,(H,7,8,9)(H,10,11,12);/q;+1/p-2. The molecule has 0 aliphatic heterocycles. The predicted molar refractivity (Wildman–Crippen MR) is 42.4 cm³/mol. The smallest absolute Gasteiger partial charge is 0.744 e. The Bertz CT molecular complexity index is 496. The van der Waals surface area contributed by atoms with Crippen molar-refractivity contribution >= 4 is 20.2 Å². The summed E-state index contributed by atoms with van der Waals surface area (Å²) in [6.07, 6.45) is 0. The normalized spacial score (nSPS) is 11.9. The first-order valence-corrected chi connectivity index (χ1v) is 6.05. The number of hydrogen-bond acceptors (Lipinski definition) is 6. The van der Waals surface area contributed by atoms with E-state index >= 15 is 0 Å². The molecule has 0 atom stereocenters. The van der Waals surface area contributed by atoms with Crippen LogP contribution in [0.5, 0.6) is 0 Å². The fourth-order valence-corrected chi connectivity index (χ4v) is 2.59. The first-order chi connectivity index (χ1) is 6.23. The molecule has 15 heavy (non-hydrogen) atoms. The van der Waals surface area contributed by atoms with Gasteiger partial charge < -0.3 is 9.11 Å². The van der Waals surface area contributed by atoms with Crippen LogP contribution >= 0.6 is 0 Å². The molecule has 0 heterocycles. The van der Waals surface area contributed by atoms with E-state index in [-0.39, 0.29) is 51.4 Å². The number of hydrogen-bond donors (Lipinski definition) is 0. The molecule has 0 saturated carbocycles. The molecule has 1 aromatic rings. The van der Waals surface area contributed by atoms with Gasteiger partial charge in [0.1, 0.15) is 20.2 Å². The van der Waals surface area contributed by atoms with Gasteiger partial charge in [-0.15, -0.1) is 0 Å². The Hall–Kier alpha value is 0.676. The largest absolute Gasteiger partial charge is 1.00 e. The van der Waals surface area contributed by atoms with Crippen LogP contribution < -0.4 is 51.4 Å². The molecular formula is C6H4KO6S2-. The van der Waals surface area contributed by atoms with Crippen molar-refractivity contribution in [3.05, 3.63) is 24.3 Å². The molecule has 78 valence electrons. The molecule has 0 aliphatic rings. The maximum absolute atomic E-state index is 10.5. The maximum atomic E-state index is 10.5. The van der Waals surface area contributed by atoms with E-state index in [0.717, 1.165) is 24.3 Å². The fourth-order valence-electron chi connectivity index (χ4n) is 0.863. The van der Waals surface area contributed by atoms with E-state index in [9.17, 15) is 25.9 Å². The quantitative estimate of drug-likeness (QED) is 0.408. The second-order valence-electron chi connectivity index (χ2n) is 2.35. The van der Waals surface area contributed by atoms with E-state index in [1.165, 1.54) is 0 Å². The van der Waals surface area contributed by atoms with Crippen molar-refractivity contribution in [2.45, 2.75) is 9.79 Å². The molecule has 0 bridgehead atoms. The van der Waals surface area contributed by atoms with Crippen LogP contribution in [0.25, 0.3) is 0 Å². The van der Waals surface area contributed by atoms with E-state index in [1.54, 1.807) is 0 Å². The van der Waals surface area contributed by atoms with E-state index < -0.39 is 30.0 Å². The Morgan fingerprint density at radius 3 is 1.27 bits per heavy atom. The SMILES string of the molecule is O=S(=O)([O-])c1ccccc1S(=O)(=O)[O-].[K+]. The van der Waals surface area contributed by atoms with Crippen molar-refractivity contribution in [2.75, 3.05) is 0 Å². The molecule has 0 unspecified atom stereocenters. The summed E-state index contributed by atoms with van der Waals surface area (Å²) in [5.41, 5.74) is 0. The Kier molecular flexibility index (Phi) is 5.58. The average molecular weight is 275 g/mol. The van der Waals surface area contributed by atoms with Crippen LogP contribution in [-0.4, -0.2) is 25.9 Å². The van der Waals surface area contributed by atoms with Crippen LogP contribution in [0.1, 0.15) is 0 Å². The van der Waals surface area contributed by atoms with E-state index in [1.807, 2.05) is 0 Å². The second-order valence-corrected chi connectivity index (χ2v) is 5.05. The molecule has 9 heteroatoms. The number of rotatable bonds is 2. The minimum atomic E-state index is -4.95. The van der Waals surface area contributed by atoms with Gasteiger partial charge in [-0.25, -0.2) is 16.8 Å². The first kappa shape index (κ1) is 15.7. The zero-order valence-electron chi connectivity index (χ0n) is 7.58. The minimum Gasteiger partial charge on any atom is -0.744 e. The summed E-state index contributed by atoms with van der Waals surface area (Å²) in [5, 5.41) is 0. The maximum Gasteiger partial charge on any atom is 1.00 e. The summed E-state index contributed by atoms with van der Waals surface area (Å²) < 4.78 is 63.2. The monoisotopic (exact) mass is 275 g/mol. The van der Waals surface area contributed by atoms with Gasteiger partial charge in [-0.1, -0.05) is 12.1 Å². The predicted octanol–water partition coefficient (Wildman–Crippen LogP) is -3.50. The van der Waals surface area contributed by atoms with Crippen LogP contribution in [0.3, 0.4) is 0 Å². The molecule has 0 fully saturated rings. The van der Waals surface area contributed by atoms with Gasteiger partial charge in [0.25, 0.3) is 0 Å². The van der Waals surface area contributed by atoms with Gasteiger partial charge in [0.05, 0.1) is 9.79 Å². The molecule has 0 aromatic heterocycles. The van der Waals surface area contributed by atoms with Crippen LogP contribution in [-0.2, 0) is 20.2 Å². The van der Waals surface area contributed by atoms with Gasteiger partial charge >= 0.3 is 51.4 Å². The van der Waals surface area contributed by atoms with Gasteiger partial charge in [0, 0.05) is 0 Å². The van der Waals surface area contributed by atoms with Crippen LogP contribution in [0, 0.1) is 0 Å². The zero-order valence-corrected chi connectivity index (χ0v) is 12.3. The summed E-state index contributed by atoms with van der Waals surface area (Å²) in [5.74, 6) is 0. The Morgan fingerprint density at radius 1 is 0.800 bits per heavy atom. The van der Waals surface area contributed by atoms with Crippen LogP contribution in [0.15, 0.2) is 34.1 Å². The minimum absolute atomic E-state index is 0. The van der Waals surface area contributed by atoms with Crippen molar-refractivity contribution in [1.29, 1.82) is 0 Å². The van der Waals surface area contributed by atoms with Gasteiger partial charge in [-0.3, -0.25) is 0 Å². The van der Waals surface area contributed by atoms with Gasteiger partial charge in [0.2, 0.25) is 0 Å². The van der Waals surface area contributed by atoms with E-state index in [2.05, 4.69) is 0 Å². The second kappa shape index (κ2) is 5.34. The average Bonchev–Trinajstić information content (AvgIpc) is 2.01. The van der Waals surface area contributed by atoms with Crippen molar-refractivity contribution in [2.24, 2.45) is 0 Å². The summed E-state index contributed by atoms with van der Waals surface area (Å²) in [4.78, 5) is -2.04. The van der Waals surface area contributed by atoms with Gasteiger partial charge in [-0.2, -0.15) is 0 Å². The fraction of sp³-hybridized carbons (Fsp3) is 0. The third-order valence-electron chi connectivity index (χ3n) is 1.39. The molecular weight excluding hydrogens is 271 g/mol. The molecule has 1 aromatic carbocycles. The van der Waals surface area contributed by atoms with Gasteiger partial charge in [-0.05, 0) is 12.1 Å². The third-order valence-corrected chi connectivity index (χ3v) is 3.31. The Balaban J connectivity index is 0.00000196. The molecule has 0 spiro atoms. The molecule has 0 aliphatic carbocycles. The summed E-state index contributed by atoms with van der Waals surface area (Å²) in [6, 6.07) is 3.85. The summed E-state index contributed by atoms with van der Waals surface area (Å²) >= 11 is 0. The van der Waals surface area contributed by atoms with Crippen LogP contribution in [0.4, 0.5) is 0 Å².